The van der Waals surface area contributed by atoms with Crippen LogP contribution in [0.25, 0.3) is 93.2 Å². The Kier molecular flexibility index (Phi) is 6.92. The van der Waals surface area contributed by atoms with Crippen molar-refractivity contribution < 1.29 is 0 Å². The lowest BCUT2D eigenvalue weighted by atomic mass is 9.75. The molecule has 272 valence electrons. The third kappa shape index (κ3) is 4.57. The predicted octanol–water partition coefficient (Wildman–Crippen LogP) is 15.5. The van der Waals surface area contributed by atoms with Crippen LogP contribution in [-0.2, 0) is 5.41 Å². The van der Waals surface area contributed by atoms with Gasteiger partial charge < -0.3 is 4.57 Å². The van der Waals surface area contributed by atoms with Gasteiger partial charge in [0.15, 0.2) is 0 Å². The number of rotatable bonds is 4. The molecule has 9 aromatic carbocycles. The maximum atomic E-state index is 2.49. The Morgan fingerprint density at radius 2 is 1.11 bits per heavy atom. The number of para-hydroxylation sites is 1. The van der Waals surface area contributed by atoms with Crippen LogP contribution in [0.3, 0.4) is 0 Å². The monoisotopic (exact) mass is 729 g/mol. The summed E-state index contributed by atoms with van der Waals surface area (Å²) in [6.07, 6.45) is 3.93. The molecule has 0 saturated heterocycles. The lowest BCUT2D eigenvalue weighted by Crippen LogP contribution is -2.15. The fraction of sp³-hybridized carbons (Fsp3) is 0.143. The van der Waals surface area contributed by atoms with Crippen LogP contribution >= 0.6 is 0 Å². The van der Waals surface area contributed by atoms with E-state index in [0.29, 0.717) is 5.92 Å². The van der Waals surface area contributed by atoms with Gasteiger partial charge in [-0.15, -0.1) is 0 Å². The van der Waals surface area contributed by atoms with Gasteiger partial charge in [-0.2, -0.15) is 0 Å². The second-order valence-corrected chi connectivity index (χ2v) is 17.2. The zero-order chi connectivity index (χ0) is 38.0. The standard InChI is InChI=1S/C56H43N/c1-34-23-31-49-53(52(34)45-20-9-4-15-39(45)36-13-12-14-36)47-30-32-51-54(55(47)56(49,2)3)46-21-10-11-22-50(46)57(51)38-27-24-35(25-28-38)37-26-29-44-42-18-6-5-16-40(42)41-17-7-8-19-43(41)48(44)33-37/h4-11,15-33,36H,12-14H2,1-3H3. The third-order valence-corrected chi connectivity index (χ3v) is 13.8. The van der Waals surface area contributed by atoms with Gasteiger partial charge in [-0.1, -0.05) is 154 Å². The lowest BCUT2D eigenvalue weighted by molar-refractivity contribution is 0.420. The Hall–Kier alpha value is -6.44. The lowest BCUT2D eigenvalue weighted by Gasteiger charge is -2.29. The van der Waals surface area contributed by atoms with Gasteiger partial charge >= 0.3 is 0 Å². The van der Waals surface area contributed by atoms with Crippen molar-refractivity contribution in [2.75, 3.05) is 0 Å². The van der Waals surface area contributed by atoms with Gasteiger partial charge in [0.1, 0.15) is 0 Å². The quantitative estimate of drug-likeness (QED) is 0.159. The minimum atomic E-state index is -0.164. The molecule has 0 atom stereocenters. The maximum absolute atomic E-state index is 2.49. The van der Waals surface area contributed by atoms with Gasteiger partial charge in [-0.3, -0.25) is 0 Å². The Bertz CT molecular complexity index is 3260. The van der Waals surface area contributed by atoms with Gasteiger partial charge in [0.05, 0.1) is 11.0 Å². The van der Waals surface area contributed by atoms with Crippen molar-refractivity contribution in [3.05, 3.63) is 186 Å². The van der Waals surface area contributed by atoms with Crippen molar-refractivity contribution in [1.29, 1.82) is 0 Å². The first kappa shape index (κ1) is 32.8. The Labute approximate surface area is 333 Å². The Morgan fingerprint density at radius 1 is 0.491 bits per heavy atom. The van der Waals surface area contributed by atoms with E-state index >= 15 is 0 Å². The van der Waals surface area contributed by atoms with Crippen molar-refractivity contribution in [3.8, 4) is 39.1 Å². The summed E-state index contributed by atoms with van der Waals surface area (Å²) in [5.74, 6) is 0.665. The highest BCUT2D eigenvalue weighted by atomic mass is 15.0. The van der Waals surface area contributed by atoms with E-state index < -0.39 is 0 Å². The molecule has 1 nitrogen and oxygen atoms in total. The normalized spacial score (nSPS) is 14.8. The zero-order valence-electron chi connectivity index (χ0n) is 32.7. The van der Waals surface area contributed by atoms with Gasteiger partial charge in [-0.25, -0.2) is 0 Å². The molecule has 57 heavy (non-hydrogen) atoms. The Morgan fingerprint density at radius 3 is 1.81 bits per heavy atom. The number of aryl methyl sites for hydroxylation is 1. The molecule has 0 N–H and O–H groups in total. The molecule has 0 amide bonds. The molecule has 1 fully saturated rings. The van der Waals surface area contributed by atoms with E-state index in [4.69, 9.17) is 0 Å². The third-order valence-electron chi connectivity index (χ3n) is 13.8. The van der Waals surface area contributed by atoms with Crippen LogP contribution in [0.4, 0.5) is 0 Å². The largest absolute Gasteiger partial charge is 0.309 e. The smallest absolute Gasteiger partial charge is 0.0544 e. The van der Waals surface area contributed by atoms with Crippen LogP contribution in [0, 0.1) is 6.92 Å². The molecule has 0 aliphatic heterocycles. The molecule has 10 aromatic rings. The minimum Gasteiger partial charge on any atom is -0.309 e. The number of benzene rings is 9. The van der Waals surface area contributed by atoms with Crippen molar-refractivity contribution in [2.24, 2.45) is 0 Å². The first-order valence-electron chi connectivity index (χ1n) is 20.7. The topological polar surface area (TPSA) is 4.93 Å². The van der Waals surface area contributed by atoms with E-state index in [9.17, 15) is 0 Å². The first-order chi connectivity index (χ1) is 28.0. The van der Waals surface area contributed by atoms with Crippen LogP contribution in [0.2, 0.25) is 0 Å². The fourth-order valence-electron chi connectivity index (χ4n) is 10.9. The second-order valence-electron chi connectivity index (χ2n) is 17.2. The highest BCUT2D eigenvalue weighted by Gasteiger charge is 2.40. The van der Waals surface area contributed by atoms with E-state index in [2.05, 4.69) is 189 Å². The molecule has 1 saturated carbocycles. The summed E-state index contributed by atoms with van der Waals surface area (Å²) in [5.41, 5.74) is 17.4. The molecule has 1 aromatic heterocycles. The molecule has 0 bridgehead atoms. The molecule has 0 radical (unpaired) electrons. The van der Waals surface area contributed by atoms with E-state index in [1.807, 2.05) is 0 Å². The summed E-state index contributed by atoms with van der Waals surface area (Å²) in [4.78, 5) is 0. The summed E-state index contributed by atoms with van der Waals surface area (Å²) in [6.45, 7) is 7.21. The molecule has 2 aliphatic carbocycles. The molecule has 1 heterocycles. The number of fused-ring (bicyclic) bond motifs is 13. The van der Waals surface area contributed by atoms with Crippen molar-refractivity contribution in [3.63, 3.8) is 0 Å². The molecule has 12 rings (SSSR count). The van der Waals surface area contributed by atoms with Crippen LogP contribution in [0.1, 0.15) is 61.3 Å². The van der Waals surface area contributed by atoms with Gasteiger partial charge in [0.2, 0.25) is 0 Å². The van der Waals surface area contributed by atoms with E-state index in [1.165, 1.54) is 135 Å². The van der Waals surface area contributed by atoms with Crippen LogP contribution in [-0.4, -0.2) is 4.57 Å². The summed E-state index contributed by atoms with van der Waals surface area (Å²) in [6, 6.07) is 61.8. The summed E-state index contributed by atoms with van der Waals surface area (Å²) in [7, 11) is 0. The molecule has 0 unspecified atom stereocenters. The molecule has 2 aliphatic rings. The number of hydrogen-bond acceptors (Lipinski definition) is 0. The SMILES string of the molecule is Cc1ccc2c(c1-c1ccccc1C1CCC1)-c1ccc3c(c1C2(C)C)c1ccccc1n3-c1ccc(-c2ccc3c4ccccc4c4ccccc4c3c2)cc1. The van der Waals surface area contributed by atoms with Gasteiger partial charge in [0, 0.05) is 21.9 Å². The van der Waals surface area contributed by atoms with Gasteiger partial charge in [-0.05, 0) is 144 Å². The predicted molar refractivity (Wildman–Crippen MR) is 243 cm³/mol. The van der Waals surface area contributed by atoms with Crippen molar-refractivity contribution in [2.45, 2.75) is 51.4 Å². The molecule has 1 heteroatoms. The highest BCUT2D eigenvalue weighted by Crippen LogP contribution is 2.57. The average molecular weight is 730 g/mol. The summed E-state index contributed by atoms with van der Waals surface area (Å²) < 4.78 is 2.49. The fourth-order valence-corrected chi connectivity index (χ4v) is 10.9. The Balaban J connectivity index is 1.02. The van der Waals surface area contributed by atoms with E-state index in [0.717, 1.165) is 0 Å². The molecule has 0 spiro atoms. The summed E-state index contributed by atoms with van der Waals surface area (Å²) in [5, 5.41) is 10.5. The second kappa shape index (κ2) is 12.0. The molecular formula is C56H43N. The highest BCUT2D eigenvalue weighted by molar-refractivity contribution is 6.25. The molecular weight excluding hydrogens is 687 g/mol. The zero-order valence-corrected chi connectivity index (χ0v) is 32.7. The van der Waals surface area contributed by atoms with Crippen LogP contribution in [0.15, 0.2) is 164 Å². The summed E-state index contributed by atoms with van der Waals surface area (Å²) >= 11 is 0. The van der Waals surface area contributed by atoms with Crippen LogP contribution < -0.4 is 0 Å². The minimum absolute atomic E-state index is 0.164. The maximum Gasteiger partial charge on any atom is 0.0544 e. The van der Waals surface area contributed by atoms with E-state index in [1.54, 1.807) is 0 Å². The van der Waals surface area contributed by atoms with E-state index in [-0.39, 0.29) is 5.41 Å². The number of aromatic nitrogens is 1. The van der Waals surface area contributed by atoms with Crippen molar-refractivity contribution >= 4 is 54.1 Å². The number of hydrogen-bond donors (Lipinski definition) is 0. The van der Waals surface area contributed by atoms with Gasteiger partial charge in [0.25, 0.3) is 0 Å². The van der Waals surface area contributed by atoms with Crippen LogP contribution in [0.5, 0.6) is 0 Å². The van der Waals surface area contributed by atoms with Crippen molar-refractivity contribution in [1.82, 2.24) is 4.57 Å². The number of nitrogens with zero attached hydrogens (tertiary/aromatic N) is 1. The first-order valence-corrected chi connectivity index (χ1v) is 20.7. The average Bonchev–Trinajstić information content (AvgIpc) is 3.68.